The Morgan fingerprint density at radius 3 is 2.31 bits per heavy atom. The van der Waals surface area contributed by atoms with Crippen molar-refractivity contribution in [2.45, 2.75) is 6.92 Å². The van der Waals surface area contributed by atoms with E-state index in [2.05, 4.69) is 19.9 Å². The van der Waals surface area contributed by atoms with Crippen molar-refractivity contribution in [1.82, 2.24) is 19.9 Å². The molecule has 0 aliphatic heterocycles. The largest absolute Gasteiger partial charge is 1.00 e. The van der Waals surface area contributed by atoms with Gasteiger partial charge in [0.25, 0.3) is 5.69 Å². The molecule has 0 amide bonds. The first-order valence-electron chi connectivity index (χ1n) is 6.33. The Labute approximate surface area is 190 Å². The number of aryl methyl sites for hydroxylation is 1. The van der Waals surface area contributed by atoms with Gasteiger partial charge in [-0.05, 0) is 6.92 Å². The SMILES string of the molecule is Cc1cc([N+](=O)[O-])cc([N+](=O)[O-])c1O.Nc1ncnc2nc[nH]c12.[Na+].[Na+]. The molecule has 2 heterocycles. The molecule has 124 valence electrons. The van der Waals surface area contributed by atoms with Crippen LogP contribution in [0.2, 0.25) is 0 Å². The van der Waals surface area contributed by atoms with Gasteiger partial charge in [-0.1, -0.05) is 0 Å². The number of non-ortho nitro benzene ring substituents is 1. The van der Waals surface area contributed by atoms with E-state index in [-0.39, 0.29) is 64.7 Å². The van der Waals surface area contributed by atoms with Crippen molar-refractivity contribution in [3.63, 3.8) is 0 Å². The maximum absolute atomic E-state index is 10.4. The van der Waals surface area contributed by atoms with Crippen molar-refractivity contribution >= 4 is 28.4 Å². The number of imidazole rings is 1. The van der Waals surface area contributed by atoms with Crippen molar-refractivity contribution in [1.29, 1.82) is 0 Å². The second-order valence-corrected chi connectivity index (χ2v) is 4.50. The zero-order valence-corrected chi connectivity index (χ0v) is 18.2. The van der Waals surface area contributed by atoms with E-state index in [9.17, 15) is 25.3 Å². The third-order valence-corrected chi connectivity index (χ3v) is 2.92. The van der Waals surface area contributed by atoms with Gasteiger partial charge in [-0.25, -0.2) is 15.0 Å². The molecule has 3 rings (SSSR count). The van der Waals surface area contributed by atoms with Crippen LogP contribution in [-0.2, 0) is 0 Å². The summed E-state index contributed by atoms with van der Waals surface area (Å²) in [6.07, 6.45) is 2.92. The quantitative estimate of drug-likeness (QED) is 0.224. The Hall–Kier alpha value is -1.83. The molecule has 26 heavy (non-hydrogen) atoms. The number of nitrogens with two attached hydrogens (primary N) is 1. The minimum Gasteiger partial charge on any atom is -0.502 e. The van der Waals surface area contributed by atoms with Crippen LogP contribution >= 0.6 is 0 Å². The number of phenols is 1. The molecule has 1 aromatic carbocycles. The Morgan fingerprint density at radius 2 is 1.77 bits per heavy atom. The number of fused-ring (bicyclic) bond motifs is 1. The summed E-state index contributed by atoms with van der Waals surface area (Å²) in [5.74, 6) is -0.108. The fourth-order valence-corrected chi connectivity index (χ4v) is 1.77. The fourth-order valence-electron chi connectivity index (χ4n) is 1.77. The van der Waals surface area contributed by atoms with E-state index in [4.69, 9.17) is 5.73 Å². The van der Waals surface area contributed by atoms with Gasteiger partial charge in [0.05, 0.1) is 22.2 Å². The third-order valence-electron chi connectivity index (χ3n) is 2.92. The number of nitrogens with one attached hydrogen (secondary N) is 1. The average molecular weight is 379 g/mol. The van der Waals surface area contributed by atoms with Crippen LogP contribution in [0.3, 0.4) is 0 Å². The van der Waals surface area contributed by atoms with E-state index in [1.54, 1.807) is 0 Å². The number of nitrogen functional groups attached to an aromatic ring is 1. The molecule has 0 aliphatic rings. The summed E-state index contributed by atoms with van der Waals surface area (Å²) in [5, 5.41) is 29.9. The number of H-pyrrole nitrogens is 1. The first-order valence-corrected chi connectivity index (χ1v) is 6.33. The van der Waals surface area contributed by atoms with E-state index < -0.39 is 27.0 Å². The second kappa shape index (κ2) is 10.4. The molecular formula is C12H11N7Na2O5+2. The van der Waals surface area contributed by atoms with Crippen molar-refractivity contribution in [3.8, 4) is 5.75 Å². The predicted octanol–water partition coefficient (Wildman–Crippen LogP) is -4.54. The van der Waals surface area contributed by atoms with Crippen LogP contribution in [0.25, 0.3) is 11.2 Å². The number of phenolic OH excluding ortho intramolecular Hbond substituents is 1. The van der Waals surface area contributed by atoms with Crippen molar-refractivity contribution in [2.75, 3.05) is 5.73 Å². The van der Waals surface area contributed by atoms with E-state index in [0.29, 0.717) is 17.0 Å². The van der Waals surface area contributed by atoms with Crippen molar-refractivity contribution in [3.05, 3.63) is 50.6 Å². The minimum atomic E-state index is -0.866. The molecule has 0 bridgehead atoms. The van der Waals surface area contributed by atoms with Crippen LogP contribution in [0.5, 0.6) is 5.75 Å². The van der Waals surface area contributed by atoms with Gasteiger partial charge in [-0.15, -0.1) is 0 Å². The molecule has 0 spiro atoms. The molecule has 0 aliphatic carbocycles. The number of aromatic amines is 1. The van der Waals surface area contributed by atoms with Crippen molar-refractivity contribution in [2.24, 2.45) is 0 Å². The fraction of sp³-hybridized carbons (Fsp3) is 0.0833. The van der Waals surface area contributed by atoms with Crippen LogP contribution in [0.15, 0.2) is 24.8 Å². The Bertz CT molecular complexity index is 933. The van der Waals surface area contributed by atoms with Gasteiger partial charge < -0.3 is 15.8 Å². The van der Waals surface area contributed by atoms with Gasteiger partial charge in [-0.3, -0.25) is 20.2 Å². The smallest absolute Gasteiger partial charge is 0.502 e. The van der Waals surface area contributed by atoms with E-state index in [1.807, 2.05) is 0 Å². The van der Waals surface area contributed by atoms with E-state index >= 15 is 0 Å². The number of hydrogen-bond donors (Lipinski definition) is 3. The number of aromatic nitrogens is 4. The molecule has 3 aromatic rings. The molecule has 14 heteroatoms. The third kappa shape index (κ3) is 5.59. The number of aromatic hydroxyl groups is 1. The summed E-state index contributed by atoms with van der Waals surface area (Å²) >= 11 is 0. The monoisotopic (exact) mass is 379 g/mol. The van der Waals surface area contributed by atoms with Crippen LogP contribution in [0, 0.1) is 27.2 Å². The molecule has 0 fully saturated rings. The summed E-state index contributed by atoms with van der Waals surface area (Å²) in [5.41, 5.74) is 5.82. The van der Waals surface area contributed by atoms with Gasteiger partial charge in [0.1, 0.15) is 11.8 Å². The number of nitrogens with zero attached hydrogens (tertiary/aromatic N) is 5. The van der Waals surface area contributed by atoms with Gasteiger partial charge in [-0.2, -0.15) is 0 Å². The van der Waals surface area contributed by atoms with Crippen LogP contribution in [0.1, 0.15) is 5.56 Å². The number of anilines is 1. The molecule has 12 nitrogen and oxygen atoms in total. The summed E-state index contributed by atoms with van der Waals surface area (Å²) in [4.78, 5) is 33.5. The first kappa shape index (κ1) is 24.2. The molecule has 0 saturated carbocycles. The van der Waals surface area contributed by atoms with E-state index in [0.717, 1.165) is 12.1 Å². The van der Waals surface area contributed by atoms with Crippen LogP contribution in [0.4, 0.5) is 17.2 Å². The molecular weight excluding hydrogens is 368 g/mol. The summed E-state index contributed by atoms with van der Waals surface area (Å²) < 4.78 is 0. The predicted molar refractivity (Wildman–Crippen MR) is 82.2 cm³/mol. The van der Waals surface area contributed by atoms with Gasteiger partial charge in [0.15, 0.2) is 17.2 Å². The minimum absolute atomic E-state index is 0. The number of nitro groups is 2. The topological polar surface area (TPSA) is 187 Å². The standard InChI is InChI=1S/C7H6N2O5.C5H5N5.2Na/c1-4-2-5(8(11)12)3-6(7(4)10)9(13)14;6-4-3-5(9-1-7-3)10-2-8-4;;/h2-3,10H,1H3;1-2H,(H3,6,7,8,9,10);;/q;;2*+1. The molecule has 4 N–H and O–H groups in total. The molecule has 0 atom stereocenters. The molecule has 2 aromatic heterocycles. The maximum Gasteiger partial charge on any atom is 1.00 e. The number of benzene rings is 1. The summed E-state index contributed by atoms with van der Waals surface area (Å²) in [6, 6.07) is 1.80. The second-order valence-electron chi connectivity index (χ2n) is 4.50. The van der Waals surface area contributed by atoms with Gasteiger partial charge in [0.2, 0.25) is 0 Å². The number of nitro benzene ring substituents is 2. The van der Waals surface area contributed by atoms with Crippen LogP contribution in [-0.4, -0.2) is 34.9 Å². The normalized spacial score (nSPS) is 9.27. The Kier molecular flexibility index (Phi) is 9.62. The Morgan fingerprint density at radius 1 is 1.12 bits per heavy atom. The maximum atomic E-state index is 10.4. The van der Waals surface area contributed by atoms with Crippen molar-refractivity contribution < 1.29 is 74.1 Å². The summed E-state index contributed by atoms with van der Waals surface area (Å²) in [7, 11) is 0. The van der Waals surface area contributed by atoms with Gasteiger partial charge in [0, 0.05) is 11.6 Å². The number of rotatable bonds is 2. The molecule has 0 unspecified atom stereocenters. The molecule has 0 saturated heterocycles. The zero-order chi connectivity index (χ0) is 17.9. The zero-order valence-electron chi connectivity index (χ0n) is 14.2. The van der Waals surface area contributed by atoms with E-state index in [1.165, 1.54) is 19.6 Å². The number of hydrogen-bond acceptors (Lipinski definition) is 9. The first-order chi connectivity index (χ1) is 11.3. The average Bonchev–Trinajstić information content (AvgIpc) is 3.00. The summed E-state index contributed by atoms with van der Waals surface area (Å²) in [6.45, 7) is 1.36. The van der Waals surface area contributed by atoms with Gasteiger partial charge >= 0.3 is 64.8 Å². The van der Waals surface area contributed by atoms with Crippen LogP contribution < -0.4 is 64.8 Å². The Balaban J connectivity index is 0.000000464. The molecule has 0 radical (unpaired) electrons.